The summed E-state index contributed by atoms with van der Waals surface area (Å²) in [6, 6.07) is 2.17. The fourth-order valence-corrected chi connectivity index (χ4v) is 1.56. The highest BCUT2D eigenvalue weighted by Gasteiger charge is 2.36. The average Bonchev–Trinajstić information content (AvgIpc) is 2.36. The summed E-state index contributed by atoms with van der Waals surface area (Å²) < 4.78 is 51.5. The van der Waals surface area contributed by atoms with Crippen molar-refractivity contribution in [3.05, 3.63) is 35.1 Å². The summed E-state index contributed by atoms with van der Waals surface area (Å²) in [5.41, 5.74) is -2.49. The second kappa shape index (κ2) is 6.26. The Balaban J connectivity index is 3.23. The molecule has 1 aromatic rings. The summed E-state index contributed by atoms with van der Waals surface area (Å²) in [7, 11) is 0. The van der Waals surface area contributed by atoms with Gasteiger partial charge in [0.2, 0.25) is 0 Å². The SMILES string of the molecule is C#CCN(CC(=O)O)C(=O)c1cccc(C(F)(F)F)c1F. The molecule has 8 heteroatoms. The molecule has 0 heterocycles. The lowest BCUT2D eigenvalue weighted by atomic mass is 10.1. The number of carbonyl (C=O) groups is 2. The number of terminal acetylenes is 1. The molecule has 0 spiro atoms. The number of alkyl halides is 3. The Morgan fingerprint density at radius 2 is 1.95 bits per heavy atom. The topological polar surface area (TPSA) is 57.6 Å². The number of hydrogen-bond donors (Lipinski definition) is 1. The molecule has 0 saturated heterocycles. The fraction of sp³-hybridized carbons (Fsp3) is 0.231. The molecule has 0 fully saturated rings. The van der Waals surface area contributed by atoms with Gasteiger partial charge < -0.3 is 10.0 Å². The Morgan fingerprint density at radius 3 is 2.43 bits per heavy atom. The Kier molecular flexibility index (Phi) is 4.92. The van der Waals surface area contributed by atoms with Crippen LogP contribution in [-0.2, 0) is 11.0 Å². The van der Waals surface area contributed by atoms with Gasteiger partial charge in [-0.1, -0.05) is 12.0 Å². The number of benzene rings is 1. The molecule has 0 radical (unpaired) electrons. The number of carboxylic acid groups (broad SMARTS) is 1. The smallest absolute Gasteiger partial charge is 0.419 e. The van der Waals surface area contributed by atoms with Crippen LogP contribution in [0.5, 0.6) is 0 Å². The molecule has 0 aliphatic heterocycles. The van der Waals surface area contributed by atoms with Crippen LogP contribution in [-0.4, -0.2) is 35.0 Å². The number of rotatable bonds is 4. The number of amides is 1. The van der Waals surface area contributed by atoms with E-state index in [9.17, 15) is 27.2 Å². The van der Waals surface area contributed by atoms with Crippen LogP contribution in [0.3, 0.4) is 0 Å². The van der Waals surface area contributed by atoms with Crippen LogP contribution in [0.15, 0.2) is 18.2 Å². The number of nitrogens with zero attached hydrogens (tertiary/aromatic N) is 1. The lowest BCUT2D eigenvalue weighted by Gasteiger charge is -2.19. The van der Waals surface area contributed by atoms with Crippen molar-refractivity contribution in [2.24, 2.45) is 0 Å². The molecule has 0 unspecified atom stereocenters. The molecule has 1 aromatic carbocycles. The first-order valence-corrected chi connectivity index (χ1v) is 5.48. The Labute approximate surface area is 117 Å². The first-order chi connectivity index (χ1) is 9.68. The van der Waals surface area contributed by atoms with E-state index in [1.54, 1.807) is 0 Å². The van der Waals surface area contributed by atoms with Gasteiger partial charge in [0.15, 0.2) is 0 Å². The molecule has 0 saturated carbocycles. The van der Waals surface area contributed by atoms with Gasteiger partial charge in [0.1, 0.15) is 12.4 Å². The van der Waals surface area contributed by atoms with E-state index in [-0.39, 0.29) is 0 Å². The predicted molar refractivity (Wildman–Crippen MR) is 63.8 cm³/mol. The molecular weight excluding hydrogens is 294 g/mol. The van der Waals surface area contributed by atoms with Crippen LogP contribution in [0.25, 0.3) is 0 Å². The zero-order valence-corrected chi connectivity index (χ0v) is 10.4. The quantitative estimate of drug-likeness (QED) is 0.684. The van der Waals surface area contributed by atoms with Crippen LogP contribution in [0, 0.1) is 18.2 Å². The summed E-state index contributed by atoms with van der Waals surface area (Å²) in [6.07, 6.45) is -0.0205. The molecule has 4 nitrogen and oxygen atoms in total. The summed E-state index contributed by atoms with van der Waals surface area (Å²) in [6.45, 7) is -1.32. The average molecular weight is 303 g/mol. The van der Waals surface area contributed by atoms with Gasteiger partial charge in [0.25, 0.3) is 5.91 Å². The van der Waals surface area contributed by atoms with E-state index < -0.39 is 48.1 Å². The van der Waals surface area contributed by atoms with Crippen molar-refractivity contribution in [2.45, 2.75) is 6.18 Å². The lowest BCUT2D eigenvalue weighted by molar-refractivity contribution is -0.140. The Hall–Kier alpha value is -2.56. The van der Waals surface area contributed by atoms with E-state index in [1.807, 2.05) is 5.92 Å². The van der Waals surface area contributed by atoms with Crippen LogP contribution in [0.2, 0.25) is 0 Å². The molecule has 21 heavy (non-hydrogen) atoms. The van der Waals surface area contributed by atoms with Gasteiger partial charge >= 0.3 is 12.1 Å². The largest absolute Gasteiger partial charge is 0.480 e. The van der Waals surface area contributed by atoms with Gasteiger partial charge in [-0.25, -0.2) is 4.39 Å². The highest BCUT2D eigenvalue weighted by molar-refractivity contribution is 5.96. The van der Waals surface area contributed by atoms with E-state index in [0.717, 1.165) is 12.1 Å². The molecular formula is C13H9F4NO3. The maximum Gasteiger partial charge on any atom is 0.419 e. The zero-order chi connectivity index (χ0) is 16.2. The van der Waals surface area contributed by atoms with Crippen molar-refractivity contribution in [1.29, 1.82) is 0 Å². The standard InChI is InChI=1S/C13H9F4NO3/c1-2-6-18(7-10(19)20)12(21)8-4-3-5-9(11(8)14)13(15,16)17/h1,3-5H,6-7H2,(H,19,20). The summed E-state index contributed by atoms with van der Waals surface area (Å²) in [4.78, 5) is 23.1. The lowest BCUT2D eigenvalue weighted by Crippen LogP contribution is -2.36. The van der Waals surface area contributed by atoms with Gasteiger partial charge in [0, 0.05) is 0 Å². The number of hydrogen-bond acceptors (Lipinski definition) is 2. The highest BCUT2D eigenvalue weighted by Crippen LogP contribution is 2.32. The molecule has 1 amide bonds. The Bertz CT molecular complexity index is 604. The molecule has 0 aliphatic carbocycles. The molecule has 0 aromatic heterocycles. The maximum atomic E-state index is 13.8. The van der Waals surface area contributed by atoms with E-state index in [4.69, 9.17) is 11.5 Å². The second-order valence-electron chi connectivity index (χ2n) is 3.92. The Morgan fingerprint density at radius 1 is 1.33 bits per heavy atom. The molecule has 0 bridgehead atoms. The van der Waals surface area contributed by atoms with E-state index in [0.29, 0.717) is 11.0 Å². The minimum Gasteiger partial charge on any atom is -0.480 e. The van der Waals surface area contributed by atoms with Gasteiger partial charge in [-0.05, 0) is 12.1 Å². The normalized spacial score (nSPS) is 10.8. The first kappa shape index (κ1) is 16.5. The number of carboxylic acids is 1. The molecule has 1 rings (SSSR count). The van der Waals surface area contributed by atoms with Crippen LogP contribution in [0.4, 0.5) is 17.6 Å². The minimum absolute atomic E-state index is 0.471. The zero-order valence-electron chi connectivity index (χ0n) is 10.4. The van der Waals surface area contributed by atoms with Crippen molar-refractivity contribution in [3.63, 3.8) is 0 Å². The van der Waals surface area contributed by atoms with Crippen molar-refractivity contribution in [1.82, 2.24) is 4.90 Å². The molecule has 112 valence electrons. The van der Waals surface area contributed by atoms with Gasteiger partial charge in [-0.2, -0.15) is 13.2 Å². The van der Waals surface area contributed by atoms with E-state index in [1.165, 1.54) is 0 Å². The maximum absolute atomic E-state index is 13.8. The molecule has 0 aliphatic rings. The van der Waals surface area contributed by atoms with Crippen LogP contribution >= 0.6 is 0 Å². The third kappa shape index (κ3) is 3.95. The predicted octanol–water partition coefficient (Wildman–Crippen LogP) is 2.00. The summed E-state index contributed by atoms with van der Waals surface area (Å²) >= 11 is 0. The van der Waals surface area contributed by atoms with Crippen molar-refractivity contribution < 1.29 is 32.3 Å². The number of halogens is 4. The first-order valence-electron chi connectivity index (χ1n) is 5.48. The van der Waals surface area contributed by atoms with Gasteiger partial charge in [-0.15, -0.1) is 6.42 Å². The van der Waals surface area contributed by atoms with Gasteiger partial charge in [0.05, 0.1) is 17.7 Å². The van der Waals surface area contributed by atoms with Crippen molar-refractivity contribution in [2.75, 3.05) is 13.1 Å². The third-order valence-electron chi connectivity index (χ3n) is 2.43. The second-order valence-corrected chi connectivity index (χ2v) is 3.92. The van der Waals surface area contributed by atoms with Crippen LogP contribution < -0.4 is 0 Å². The monoisotopic (exact) mass is 303 g/mol. The van der Waals surface area contributed by atoms with E-state index >= 15 is 0 Å². The van der Waals surface area contributed by atoms with Crippen LogP contribution in [0.1, 0.15) is 15.9 Å². The number of aliphatic carboxylic acids is 1. The minimum atomic E-state index is -4.97. The van der Waals surface area contributed by atoms with Gasteiger partial charge in [-0.3, -0.25) is 9.59 Å². The third-order valence-corrected chi connectivity index (χ3v) is 2.43. The van der Waals surface area contributed by atoms with Crippen molar-refractivity contribution >= 4 is 11.9 Å². The summed E-state index contributed by atoms with van der Waals surface area (Å²) in [5.74, 6) is -2.42. The molecule has 0 atom stereocenters. The molecule has 1 N–H and O–H groups in total. The number of carbonyl (C=O) groups excluding carboxylic acids is 1. The van der Waals surface area contributed by atoms with Crippen molar-refractivity contribution in [3.8, 4) is 12.3 Å². The van der Waals surface area contributed by atoms with E-state index in [2.05, 4.69) is 0 Å². The fourth-order valence-electron chi connectivity index (χ4n) is 1.56. The highest BCUT2D eigenvalue weighted by atomic mass is 19.4. The summed E-state index contributed by atoms with van der Waals surface area (Å²) in [5, 5.41) is 8.62.